The summed E-state index contributed by atoms with van der Waals surface area (Å²) in [5, 5.41) is 5.33. The van der Waals surface area contributed by atoms with Crippen molar-refractivity contribution in [1.29, 1.82) is 0 Å². The molecule has 0 aliphatic heterocycles. The molecule has 0 fully saturated rings. The van der Waals surface area contributed by atoms with Gasteiger partial charge in [-0.3, -0.25) is 9.36 Å². The molecule has 0 amide bonds. The molecule has 23 heavy (non-hydrogen) atoms. The van der Waals surface area contributed by atoms with Crippen LogP contribution in [0, 0.1) is 5.82 Å². The highest BCUT2D eigenvalue weighted by atomic mass is 32.2. The van der Waals surface area contributed by atoms with E-state index in [-0.39, 0.29) is 11.4 Å². The van der Waals surface area contributed by atoms with Crippen LogP contribution in [0.5, 0.6) is 0 Å². The second-order valence-electron chi connectivity index (χ2n) is 4.83. The lowest BCUT2D eigenvalue weighted by atomic mass is 10.2. The lowest BCUT2D eigenvalue weighted by Gasteiger charge is -2.07. The summed E-state index contributed by atoms with van der Waals surface area (Å²) >= 11 is 1.41. The number of thioether (sulfide) groups is 1. The van der Waals surface area contributed by atoms with Crippen LogP contribution in [-0.4, -0.2) is 30.4 Å². The van der Waals surface area contributed by atoms with Crippen molar-refractivity contribution in [1.82, 2.24) is 24.1 Å². The Balaban J connectivity index is 2.00. The Morgan fingerprint density at radius 2 is 1.96 bits per heavy atom. The van der Waals surface area contributed by atoms with Gasteiger partial charge in [-0.2, -0.15) is 9.50 Å². The van der Waals surface area contributed by atoms with Crippen molar-refractivity contribution in [3.8, 4) is 5.69 Å². The molecule has 0 unspecified atom stereocenters. The predicted octanol–water partition coefficient (Wildman–Crippen LogP) is 2.29. The molecule has 0 aliphatic carbocycles. The third kappa shape index (κ3) is 2.18. The fourth-order valence-electron chi connectivity index (χ4n) is 2.39. The number of aromatic nitrogens is 5. The molecule has 4 aromatic rings. The molecule has 0 N–H and O–H groups in total. The van der Waals surface area contributed by atoms with Crippen LogP contribution in [0.3, 0.4) is 0 Å². The molecule has 0 radical (unpaired) electrons. The van der Waals surface area contributed by atoms with Crippen molar-refractivity contribution < 1.29 is 4.39 Å². The van der Waals surface area contributed by atoms with Gasteiger partial charge in [0.25, 0.3) is 11.3 Å². The normalized spacial score (nSPS) is 11.4. The van der Waals surface area contributed by atoms with Crippen LogP contribution >= 0.6 is 11.8 Å². The summed E-state index contributed by atoms with van der Waals surface area (Å²) in [6.45, 7) is 0. The maximum Gasteiger partial charge on any atom is 0.266 e. The highest BCUT2D eigenvalue weighted by Gasteiger charge is 2.11. The van der Waals surface area contributed by atoms with Crippen LogP contribution in [0.1, 0.15) is 0 Å². The van der Waals surface area contributed by atoms with Crippen molar-refractivity contribution in [3.63, 3.8) is 0 Å². The van der Waals surface area contributed by atoms with Crippen molar-refractivity contribution in [2.45, 2.75) is 5.16 Å². The second kappa shape index (κ2) is 5.17. The van der Waals surface area contributed by atoms with Crippen molar-refractivity contribution in [2.24, 2.45) is 0 Å². The molecule has 0 saturated heterocycles. The Morgan fingerprint density at radius 1 is 1.17 bits per heavy atom. The van der Waals surface area contributed by atoms with Crippen LogP contribution in [-0.2, 0) is 0 Å². The topological polar surface area (TPSA) is 65.1 Å². The molecule has 0 spiro atoms. The molecule has 4 rings (SSSR count). The van der Waals surface area contributed by atoms with Gasteiger partial charge in [0.2, 0.25) is 5.16 Å². The molecule has 1 aromatic carbocycles. The molecule has 8 heteroatoms. The minimum Gasteiger partial charge on any atom is -0.284 e. The second-order valence-corrected chi connectivity index (χ2v) is 5.61. The van der Waals surface area contributed by atoms with Crippen LogP contribution in [0.2, 0.25) is 0 Å². The zero-order chi connectivity index (χ0) is 16.0. The summed E-state index contributed by atoms with van der Waals surface area (Å²) < 4.78 is 16.0. The summed E-state index contributed by atoms with van der Waals surface area (Å²) in [4.78, 5) is 21.1. The Kier molecular flexibility index (Phi) is 3.12. The van der Waals surface area contributed by atoms with Gasteiger partial charge in [0.15, 0.2) is 0 Å². The van der Waals surface area contributed by atoms with E-state index >= 15 is 0 Å². The first-order valence-electron chi connectivity index (χ1n) is 6.74. The Bertz CT molecular complexity index is 1090. The van der Waals surface area contributed by atoms with E-state index in [1.54, 1.807) is 28.9 Å². The van der Waals surface area contributed by atoms with Gasteiger partial charge in [0.1, 0.15) is 5.82 Å². The maximum absolute atomic E-state index is 13.0. The van der Waals surface area contributed by atoms with E-state index in [9.17, 15) is 9.18 Å². The van der Waals surface area contributed by atoms with Crippen LogP contribution in [0.25, 0.3) is 22.4 Å². The summed E-state index contributed by atoms with van der Waals surface area (Å²) in [6, 6.07) is 7.50. The van der Waals surface area contributed by atoms with E-state index < -0.39 is 0 Å². The van der Waals surface area contributed by atoms with E-state index in [0.717, 1.165) is 0 Å². The molecule has 3 heterocycles. The monoisotopic (exact) mass is 327 g/mol. The Morgan fingerprint density at radius 3 is 2.70 bits per heavy atom. The highest BCUT2D eigenvalue weighted by molar-refractivity contribution is 7.98. The van der Waals surface area contributed by atoms with E-state index in [4.69, 9.17) is 0 Å². The first-order valence-corrected chi connectivity index (χ1v) is 7.97. The van der Waals surface area contributed by atoms with Gasteiger partial charge in [0.05, 0.1) is 10.9 Å². The first-order chi connectivity index (χ1) is 11.2. The number of nitrogens with zero attached hydrogens (tertiary/aromatic N) is 5. The molecular weight excluding hydrogens is 317 g/mol. The SMILES string of the molecule is CSc1nc2ncc3c(=O)n(-c4ccc(F)cc4)ccc3n2n1. The third-order valence-corrected chi connectivity index (χ3v) is 4.04. The number of hydrogen-bond donors (Lipinski definition) is 0. The molecule has 114 valence electrons. The predicted molar refractivity (Wildman–Crippen MR) is 85.6 cm³/mol. The number of hydrogen-bond acceptors (Lipinski definition) is 5. The van der Waals surface area contributed by atoms with Gasteiger partial charge in [0, 0.05) is 18.1 Å². The molecule has 0 atom stereocenters. The van der Waals surface area contributed by atoms with Crippen LogP contribution in [0.4, 0.5) is 4.39 Å². The summed E-state index contributed by atoms with van der Waals surface area (Å²) in [6.07, 6.45) is 5.00. The van der Waals surface area contributed by atoms with Crippen molar-refractivity contribution >= 4 is 28.4 Å². The minimum absolute atomic E-state index is 0.246. The van der Waals surface area contributed by atoms with Crippen LogP contribution in [0.15, 0.2) is 52.7 Å². The van der Waals surface area contributed by atoms with E-state index in [0.29, 0.717) is 27.5 Å². The average molecular weight is 327 g/mol. The Labute approximate surface area is 133 Å². The molecule has 0 saturated carbocycles. The molecule has 0 aliphatic rings. The zero-order valence-electron chi connectivity index (χ0n) is 12.0. The van der Waals surface area contributed by atoms with E-state index in [1.165, 1.54) is 34.7 Å². The van der Waals surface area contributed by atoms with Crippen molar-refractivity contribution in [3.05, 3.63) is 58.9 Å². The fraction of sp³-hybridized carbons (Fsp3) is 0.0667. The van der Waals surface area contributed by atoms with Gasteiger partial charge < -0.3 is 0 Å². The lowest BCUT2D eigenvalue weighted by Crippen LogP contribution is -2.18. The smallest absolute Gasteiger partial charge is 0.266 e. The standard InChI is InChI=1S/C15H10FN5OS/c1-23-15-18-14-17-8-11-12(21(14)19-15)6-7-20(13(11)22)10-4-2-9(16)3-5-10/h2-8H,1H3. The highest BCUT2D eigenvalue weighted by Crippen LogP contribution is 2.15. The number of benzene rings is 1. The van der Waals surface area contributed by atoms with Gasteiger partial charge in [-0.05, 0) is 36.6 Å². The molecular formula is C15H10FN5OS. The number of rotatable bonds is 2. The van der Waals surface area contributed by atoms with Gasteiger partial charge >= 0.3 is 0 Å². The zero-order valence-corrected chi connectivity index (χ0v) is 12.8. The molecule has 6 nitrogen and oxygen atoms in total. The number of halogens is 1. The number of fused-ring (bicyclic) bond motifs is 3. The quantitative estimate of drug-likeness (QED) is 0.529. The van der Waals surface area contributed by atoms with Gasteiger partial charge in [-0.25, -0.2) is 9.37 Å². The summed E-state index contributed by atoms with van der Waals surface area (Å²) in [7, 11) is 0. The summed E-state index contributed by atoms with van der Waals surface area (Å²) in [5.41, 5.74) is 0.970. The lowest BCUT2D eigenvalue weighted by molar-refractivity contribution is 0.627. The fourth-order valence-corrected chi connectivity index (χ4v) is 2.73. The Hall–Kier alpha value is -2.74. The maximum atomic E-state index is 13.0. The first kappa shape index (κ1) is 13.9. The average Bonchev–Trinajstić information content (AvgIpc) is 3.00. The number of pyridine rings is 1. The summed E-state index contributed by atoms with van der Waals surface area (Å²) in [5.74, 6) is 0.0963. The van der Waals surface area contributed by atoms with Crippen LogP contribution < -0.4 is 5.56 Å². The third-order valence-electron chi connectivity index (χ3n) is 3.50. The van der Waals surface area contributed by atoms with E-state index in [1.807, 2.05) is 6.26 Å². The molecule has 3 aromatic heterocycles. The molecule has 0 bridgehead atoms. The minimum atomic E-state index is -0.349. The van der Waals surface area contributed by atoms with Gasteiger partial charge in [-0.1, -0.05) is 11.8 Å². The largest absolute Gasteiger partial charge is 0.284 e. The van der Waals surface area contributed by atoms with Crippen molar-refractivity contribution in [2.75, 3.05) is 6.26 Å². The van der Waals surface area contributed by atoms with E-state index in [2.05, 4.69) is 15.1 Å². The van der Waals surface area contributed by atoms with Gasteiger partial charge in [-0.15, -0.1) is 5.10 Å².